The van der Waals surface area contributed by atoms with E-state index >= 15 is 0 Å². The second-order valence-corrected chi connectivity index (χ2v) is 7.93. The molecule has 1 aliphatic heterocycles. The van der Waals surface area contributed by atoms with Crippen molar-refractivity contribution in [1.82, 2.24) is 20.5 Å². The minimum absolute atomic E-state index is 0.150. The topological polar surface area (TPSA) is 95.6 Å². The van der Waals surface area contributed by atoms with Crippen molar-refractivity contribution in [2.24, 2.45) is 0 Å². The Labute approximate surface area is 174 Å². The molecule has 1 aliphatic rings. The highest BCUT2D eigenvalue weighted by Gasteiger charge is 2.31. The number of carbonyl (C=O) groups is 2. The zero-order valence-corrected chi connectivity index (χ0v) is 17.0. The molecule has 1 saturated heterocycles. The number of benzene rings is 1. The van der Waals surface area contributed by atoms with Crippen molar-refractivity contribution in [2.45, 2.75) is 25.2 Å². The van der Waals surface area contributed by atoms with Gasteiger partial charge in [0.2, 0.25) is 11.8 Å². The lowest BCUT2D eigenvalue weighted by atomic mass is 10.1. The van der Waals surface area contributed by atoms with Crippen molar-refractivity contribution in [2.75, 3.05) is 38.5 Å². The maximum absolute atomic E-state index is 12.3. The van der Waals surface area contributed by atoms with Gasteiger partial charge < -0.3 is 25.6 Å². The molecule has 0 atom stereocenters. The molecule has 0 unspecified atom stereocenters. The van der Waals surface area contributed by atoms with Crippen molar-refractivity contribution in [3.05, 3.63) is 18.2 Å². The molecule has 12 heteroatoms. The van der Waals surface area contributed by atoms with E-state index < -0.39 is 12.3 Å². The number of anilines is 1. The van der Waals surface area contributed by atoms with Crippen LogP contribution < -0.4 is 20.7 Å². The van der Waals surface area contributed by atoms with Gasteiger partial charge in [-0.2, -0.15) is 0 Å². The van der Waals surface area contributed by atoms with Gasteiger partial charge in [-0.3, -0.25) is 9.59 Å². The number of hydrogen-bond acceptors (Lipinski definition) is 7. The standard InChI is InChI=1S/C18H22F3N5O3S/c1-26(16(28)9-23-11-4-6-22-7-5-11)10-15(27)25-17-24-13-3-2-12(8-14(13)30-17)29-18(19,20)21/h2-3,8,11,22-23H,4-7,9-10H2,1H3,(H,24,25,27). The number of halogens is 3. The van der Waals surface area contributed by atoms with Gasteiger partial charge >= 0.3 is 6.36 Å². The number of amides is 2. The number of nitrogens with one attached hydrogen (secondary N) is 3. The summed E-state index contributed by atoms with van der Waals surface area (Å²) in [5.41, 5.74) is 0.431. The van der Waals surface area contributed by atoms with Crippen molar-refractivity contribution in [1.29, 1.82) is 0 Å². The van der Waals surface area contributed by atoms with E-state index in [4.69, 9.17) is 0 Å². The molecule has 8 nitrogen and oxygen atoms in total. The smallest absolute Gasteiger partial charge is 0.406 e. The molecule has 0 aliphatic carbocycles. The second-order valence-electron chi connectivity index (χ2n) is 6.90. The molecule has 164 valence electrons. The van der Waals surface area contributed by atoms with Gasteiger partial charge in [0.1, 0.15) is 5.75 Å². The van der Waals surface area contributed by atoms with Crippen molar-refractivity contribution < 1.29 is 27.5 Å². The molecule has 0 radical (unpaired) electrons. The van der Waals surface area contributed by atoms with Crippen molar-refractivity contribution in [3.63, 3.8) is 0 Å². The number of aromatic nitrogens is 1. The molecule has 3 N–H and O–H groups in total. The van der Waals surface area contributed by atoms with E-state index in [9.17, 15) is 22.8 Å². The van der Waals surface area contributed by atoms with Crippen LogP contribution in [0.4, 0.5) is 18.3 Å². The Morgan fingerprint density at radius 2 is 2.07 bits per heavy atom. The van der Waals surface area contributed by atoms with Crippen LogP contribution in [0, 0.1) is 0 Å². The van der Waals surface area contributed by atoms with E-state index in [1.807, 2.05) is 0 Å². The Kier molecular flexibility index (Phi) is 7.10. The van der Waals surface area contributed by atoms with Crippen LogP contribution >= 0.6 is 11.3 Å². The highest BCUT2D eigenvalue weighted by Crippen LogP contribution is 2.31. The van der Waals surface area contributed by atoms with E-state index in [-0.39, 0.29) is 35.9 Å². The van der Waals surface area contributed by atoms with Crippen LogP contribution in [0.15, 0.2) is 18.2 Å². The van der Waals surface area contributed by atoms with E-state index in [0.29, 0.717) is 10.2 Å². The first kappa shape index (κ1) is 22.2. The number of carbonyl (C=O) groups excluding carboxylic acids is 2. The zero-order valence-electron chi connectivity index (χ0n) is 16.2. The highest BCUT2D eigenvalue weighted by molar-refractivity contribution is 7.22. The Hall–Kier alpha value is -2.44. The number of piperidine rings is 1. The summed E-state index contributed by atoms with van der Waals surface area (Å²) in [5, 5.41) is 9.25. The maximum atomic E-state index is 12.3. The van der Waals surface area contributed by atoms with Gasteiger partial charge in [0, 0.05) is 19.2 Å². The highest BCUT2D eigenvalue weighted by atomic mass is 32.1. The van der Waals surface area contributed by atoms with Gasteiger partial charge in [-0.05, 0) is 38.1 Å². The third-order valence-corrected chi connectivity index (χ3v) is 5.46. The molecule has 0 spiro atoms. The number of rotatable bonds is 7. The molecule has 1 aromatic heterocycles. The number of hydrogen-bond donors (Lipinski definition) is 3. The number of ether oxygens (including phenoxy) is 1. The molecular formula is C18H22F3N5O3S. The summed E-state index contributed by atoms with van der Waals surface area (Å²) in [6.07, 6.45) is -2.88. The number of nitrogens with zero attached hydrogens (tertiary/aromatic N) is 2. The lowest BCUT2D eigenvalue weighted by molar-refractivity contribution is -0.274. The molecule has 3 rings (SSSR count). The molecule has 2 amide bonds. The average molecular weight is 445 g/mol. The molecule has 0 bridgehead atoms. The zero-order chi connectivity index (χ0) is 21.7. The van der Waals surface area contributed by atoms with Crippen molar-refractivity contribution >= 4 is 38.5 Å². The van der Waals surface area contributed by atoms with E-state index in [2.05, 4.69) is 25.7 Å². The summed E-state index contributed by atoms with van der Waals surface area (Å²) < 4.78 is 41.3. The lowest BCUT2D eigenvalue weighted by Crippen LogP contribution is -2.45. The minimum Gasteiger partial charge on any atom is -0.406 e. The minimum atomic E-state index is -4.78. The lowest BCUT2D eigenvalue weighted by Gasteiger charge is -2.24. The summed E-state index contributed by atoms with van der Waals surface area (Å²) in [4.78, 5) is 29.9. The van der Waals surface area contributed by atoms with Crippen LogP contribution in [-0.2, 0) is 9.59 Å². The Bertz CT molecular complexity index is 899. The third-order valence-electron chi connectivity index (χ3n) is 4.53. The quantitative estimate of drug-likeness (QED) is 0.603. The number of likely N-dealkylation sites (N-methyl/N-ethyl adjacent to an activating group) is 1. The molecule has 30 heavy (non-hydrogen) atoms. The van der Waals surface area contributed by atoms with Crippen LogP contribution in [0.2, 0.25) is 0 Å². The molecule has 2 heterocycles. The fourth-order valence-electron chi connectivity index (χ4n) is 3.01. The maximum Gasteiger partial charge on any atom is 0.573 e. The van der Waals surface area contributed by atoms with Crippen LogP contribution in [0.5, 0.6) is 5.75 Å². The SMILES string of the molecule is CN(CC(=O)Nc1nc2ccc(OC(F)(F)F)cc2s1)C(=O)CNC1CCNCC1. The first-order valence-corrected chi connectivity index (χ1v) is 10.2. The molecular weight excluding hydrogens is 423 g/mol. The summed E-state index contributed by atoms with van der Waals surface area (Å²) in [7, 11) is 1.53. The normalized spacial score (nSPS) is 15.2. The largest absolute Gasteiger partial charge is 0.573 e. The molecule has 2 aromatic rings. The van der Waals surface area contributed by atoms with Gasteiger partial charge in [0.05, 0.1) is 23.3 Å². The van der Waals surface area contributed by atoms with Gasteiger partial charge in [0.15, 0.2) is 5.13 Å². The monoisotopic (exact) mass is 445 g/mol. The summed E-state index contributed by atoms with van der Waals surface area (Å²) in [6, 6.07) is 4.03. The van der Waals surface area contributed by atoms with Crippen LogP contribution in [0.3, 0.4) is 0 Å². The second kappa shape index (κ2) is 9.58. The van der Waals surface area contributed by atoms with E-state index in [0.717, 1.165) is 43.3 Å². The summed E-state index contributed by atoms with van der Waals surface area (Å²) >= 11 is 1.02. The van der Waals surface area contributed by atoms with Gasteiger partial charge in [-0.15, -0.1) is 13.2 Å². The number of alkyl halides is 3. The van der Waals surface area contributed by atoms with Crippen LogP contribution in [0.25, 0.3) is 10.2 Å². The first-order valence-electron chi connectivity index (χ1n) is 9.34. The van der Waals surface area contributed by atoms with Gasteiger partial charge in [-0.1, -0.05) is 11.3 Å². The fraction of sp³-hybridized carbons (Fsp3) is 0.500. The van der Waals surface area contributed by atoms with Gasteiger partial charge in [0.25, 0.3) is 0 Å². The molecule has 1 fully saturated rings. The Balaban J connectivity index is 1.50. The number of fused-ring (bicyclic) bond motifs is 1. The average Bonchev–Trinajstić information content (AvgIpc) is 3.06. The Morgan fingerprint density at radius 1 is 1.33 bits per heavy atom. The molecule has 1 aromatic carbocycles. The van der Waals surface area contributed by atoms with Gasteiger partial charge in [-0.25, -0.2) is 4.98 Å². The van der Waals surface area contributed by atoms with Crippen LogP contribution in [-0.4, -0.2) is 67.3 Å². The summed E-state index contributed by atoms with van der Waals surface area (Å²) in [5.74, 6) is -1.01. The Morgan fingerprint density at radius 3 is 2.77 bits per heavy atom. The predicted molar refractivity (Wildman–Crippen MR) is 106 cm³/mol. The third kappa shape index (κ3) is 6.54. The molecule has 0 saturated carbocycles. The summed E-state index contributed by atoms with van der Waals surface area (Å²) in [6.45, 7) is 1.81. The first-order chi connectivity index (χ1) is 14.2. The van der Waals surface area contributed by atoms with E-state index in [1.165, 1.54) is 24.1 Å². The van der Waals surface area contributed by atoms with E-state index in [1.54, 1.807) is 0 Å². The van der Waals surface area contributed by atoms with Crippen molar-refractivity contribution in [3.8, 4) is 5.75 Å². The predicted octanol–water partition coefficient (Wildman–Crippen LogP) is 1.93. The number of thiazole rings is 1. The fourth-order valence-corrected chi connectivity index (χ4v) is 3.92. The van der Waals surface area contributed by atoms with Crippen LogP contribution in [0.1, 0.15) is 12.8 Å².